The van der Waals surface area contributed by atoms with Crippen LogP contribution in [0.4, 0.5) is 0 Å². The van der Waals surface area contributed by atoms with E-state index in [1.165, 1.54) is 27.5 Å². The Morgan fingerprint density at radius 1 is 0.958 bits per heavy atom. The van der Waals surface area contributed by atoms with Gasteiger partial charge in [-0.25, -0.2) is 0 Å². The van der Waals surface area contributed by atoms with Crippen LogP contribution in [0.1, 0.15) is 28.1 Å². The Bertz CT molecular complexity index is 1020. The predicted octanol–water partition coefficient (Wildman–Crippen LogP) is 5.55. The third-order valence-corrected chi connectivity index (χ3v) is 4.53. The van der Waals surface area contributed by atoms with Gasteiger partial charge in [0.1, 0.15) is 0 Å². The molecule has 0 amide bonds. The predicted molar refractivity (Wildman–Crippen MR) is 101 cm³/mol. The highest BCUT2D eigenvalue weighted by molar-refractivity contribution is 5.93. The summed E-state index contributed by atoms with van der Waals surface area (Å²) in [6, 6.07) is 17.3. The maximum absolute atomic E-state index is 4.95. The average Bonchev–Trinajstić information content (AvgIpc) is 3.13. The van der Waals surface area contributed by atoms with Crippen molar-refractivity contribution in [1.82, 2.24) is 4.98 Å². The highest BCUT2D eigenvalue weighted by Crippen LogP contribution is 2.31. The molecule has 1 heterocycles. The van der Waals surface area contributed by atoms with E-state index in [1.54, 1.807) is 0 Å². The Labute approximate surface area is 142 Å². The first-order valence-electron chi connectivity index (χ1n) is 8.30. The molecule has 0 spiro atoms. The molecule has 0 radical (unpaired) electrons. The third-order valence-electron chi connectivity index (χ3n) is 4.53. The lowest BCUT2D eigenvalue weighted by Gasteiger charge is -2.15. The molecule has 4 rings (SSSR count). The molecule has 116 valence electrons. The molecule has 1 aliphatic rings. The quantitative estimate of drug-likeness (QED) is 0.578. The number of fused-ring (bicyclic) bond motifs is 1. The molecule has 0 N–H and O–H groups in total. The molecule has 0 fully saturated rings. The number of hydrogen-bond acceptors (Lipinski definition) is 1. The largest absolute Gasteiger partial charge is 0.252 e. The van der Waals surface area contributed by atoms with E-state index in [0.29, 0.717) is 0 Å². The minimum absolute atomic E-state index is 0.877. The molecule has 3 aromatic rings. The van der Waals surface area contributed by atoms with Gasteiger partial charge in [0.05, 0.1) is 5.69 Å². The Morgan fingerprint density at radius 2 is 1.79 bits per heavy atom. The summed E-state index contributed by atoms with van der Waals surface area (Å²) in [7, 11) is 0. The molecule has 0 atom stereocenters. The first-order chi connectivity index (χ1) is 11.7. The zero-order valence-corrected chi connectivity index (χ0v) is 14.0. The summed E-state index contributed by atoms with van der Waals surface area (Å²) in [5, 5.41) is 2.54. The van der Waals surface area contributed by atoms with Gasteiger partial charge in [-0.05, 0) is 48.6 Å². The van der Waals surface area contributed by atoms with Crippen molar-refractivity contribution in [2.45, 2.75) is 20.3 Å². The van der Waals surface area contributed by atoms with Crippen molar-refractivity contribution in [3.05, 3.63) is 101 Å². The van der Waals surface area contributed by atoms with E-state index >= 15 is 0 Å². The van der Waals surface area contributed by atoms with E-state index in [9.17, 15) is 0 Å². The highest BCUT2D eigenvalue weighted by atomic mass is 14.7. The molecule has 24 heavy (non-hydrogen) atoms. The summed E-state index contributed by atoms with van der Waals surface area (Å²) < 4.78 is 0. The first kappa shape index (κ1) is 14.7. The number of allylic oxidation sites excluding steroid dienone is 3. The summed E-state index contributed by atoms with van der Waals surface area (Å²) in [4.78, 5) is 4.95. The van der Waals surface area contributed by atoms with Crippen LogP contribution in [-0.2, 0) is 6.42 Å². The number of rotatable bonds is 3. The minimum Gasteiger partial charge on any atom is -0.252 e. The SMILES string of the molecule is Cc1ccc2c(Cc3ccccc3)c(C3=C=CC=C3)nc(C)c2c1. The second-order valence-corrected chi connectivity index (χ2v) is 6.32. The Hall–Kier alpha value is -2.89. The van der Waals surface area contributed by atoms with E-state index in [-0.39, 0.29) is 0 Å². The molecule has 1 nitrogen and oxygen atoms in total. The van der Waals surface area contributed by atoms with E-state index in [1.807, 2.05) is 12.2 Å². The fourth-order valence-corrected chi connectivity index (χ4v) is 3.32. The zero-order chi connectivity index (χ0) is 16.5. The molecule has 0 aliphatic heterocycles. The van der Waals surface area contributed by atoms with Gasteiger partial charge in [0, 0.05) is 23.1 Å². The van der Waals surface area contributed by atoms with Crippen molar-refractivity contribution >= 4 is 16.3 Å². The van der Waals surface area contributed by atoms with E-state index in [0.717, 1.165) is 23.4 Å². The maximum Gasteiger partial charge on any atom is 0.0824 e. The van der Waals surface area contributed by atoms with E-state index in [4.69, 9.17) is 4.98 Å². The van der Waals surface area contributed by atoms with Gasteiger partial charge in [0.25, 0.3) is 0 Å². The molecule has 0 saturated heterocycles. The van der Waals surface area contributed by atoms with Crippen molar-refractivity contribution < 1.29 is 0 Å². The van der Waals surface area contributed by atoms with Gasteiger partial charge in [-0.2, -0.15) is 0 Å². The van der Waals surface area contributed by atoms with Gasteiger partial charge in [0.15, 0.2) is 0 Å². The molecule has 2 aromatic carbocycles. The molecular weight excluding hydrogens is 290 g/mol. The van der Waals surface area contributed by atoms with Gasteiger partial charge >= 0.3 is 0 Å². The lowest BCUT2D eigenvalue weighted by Crippen LogP contribution is -2.02. The summed E-state index contributed by atoms with van der Waals surface area (Å²) in [5.74, 6) is 0. The van der Waals surface area contributed by atoms with Crippen LogP contribution in [0.3, 0.4) is 0 Å². The normalized spacial score (nSPS) is 12.8. The summed E-state index contributed by atoms with van der Waals surface area (Å²) >= 11 is 0. The third kappa shape index (κ3) is 2.60. The van der Waals surface area contributed by atoms with Crippen LogP contribution < -0.4 is 0 Å². The van der Waals surface area contributed by atoms with E-state index < -0.39 is 0 Å². The van der Waals surface area contributed by atoms with Crippen LogP contribution in [0, 0.1) is 13.8 Å². The van der Waals surface area contributed by atoms with Crippen molar-refractivity contribution in [3.63, 3.8) is 0 Å². The lowest BCUT2D eigenvalue weighted by atomic mass is 9.93. The second-order valence-electron chi connectivity index (χ2n) is 6.32. The van der Waals surface area contributed by atoms with Crippen LogP contribution >= 0.6 is 0 Å². The standard InChI is InChI=1S/C23H19N/c1-16-12-13-20-21(14-16)17(2)24-23(19-10-6-7-11-19)22(20)15-18-8-4-3-5-9-18/h3-10,12-14H,15H2,1-2H3. The lowest BCUT2D eigenvalue weighted by molar-refractivity contribution is 1.11. The van der Waals surface area contributed by atoms with Gasteiger partial charge in [-0.15, -0.1) is 5.73 Å². The summed E-state index contributed by atoms with van der Waals surface area (Å²) in [6.45, 7) is 4.23. The van der Waals surface area contributed by atoms with Crippen molar-refractivity contribution in [2.75, 3.05) is 0 Å². The van der Waals surface area contributed by atoms with Crippen LogP contribution in [0.15, 0.2) is 72.5 Å². The number of hydrogen-bond donors (Lipinski definition) is 0. The van der Waals surface area contributed by atoms with Gasteiger partial charge in [-0.1, -0.05) is 54.1 Å². The topological polar surface area (TPSA) is 12.9 Å². The fourth-order valence-electron chi connectivity index (χ4n) is 3.32. The van der Waals surface area contributed by atoms with Crippen molar-refractivity contribution in [2.24, 2.45) is 0 Å². The average molecular weight is 309 g/mol. The van der Waals surface area contributed by atoms with Crippen molar-refractivity contribution in [3.8, 4) is 0 Å². The van der Waals surface area contributed by atoms with Crippen LogP contribution in [0.2, 0.25) is 0 Å². The number of benzene rings is 2. The number of pyridine rings is 1. The fraction of sp³-hybridized carbons (Fsp3) is 0.130. The Kier molecular flexibility index (Phi) is 3.65. The minimum atomic E-state index is 0.877. The van der Waals surface area contributed by atoms with Crippen LogP contribution in [0.5, 0.6) is 0 Å². The smallest absolute Gasteiger partial charge is 0.0824 e. The van der Waals surface area contributed by atoms with Crippen molar-refractivity contribution in [1.29, 1.82) is 0 Å². The molecule has 0 saturated carbocycles. The van der Waals surface area contributed by atoms with Gasteiger partial charge in [0.2, 0.25) is 0 Å². The maximum atomic E-state index is 4.95. The molecule has 0 unspecified atom stereocenters. The van der Waals surface area contributed by atoms with Crippen LogP contribution in [-0.4, -0.2) is 4.98 Å². The van der Waals surface area contributed by atoms with Crippen LogP contribution in [0.25, 0.3) is 16.3 Å². The highest BCUT2D eigenvalue weighted by Gasteiger charge is 2.15. The van der Waals surface area contributed by atoms with E-state index in [2.05, 4.69) is 74.2 Å². The Balaban J connectivity index is 1.99. The van der Waals surface area contributed by atoms with Gasteiger partial charge in [-0.3, -0.25) is 4.98 Å². The number of aromatic nitrogens is 1. The summed E-state index contributed by atoms with van der Waals surface area (Å²) in [5.41, 5.74) is 10.4. The Morgan fingerprint density at radius 3 is 2.54 bits per heavy atom. The molecule has 0 bridgehead atoms. The monoisotopic (exact) mass is 309 g/mol. The van der Waals surface area contributed by atoms with Gasteiger partial charge < -0.3 is 0 Å². The molecular formula is C23H19N. The molecule has 1 aliphatic carbocycles. The summed E-state index contributed by atoms with van der Waals surface area (Å²) in [6.07, 6.45) is 6.95. The number of aryl methyl sites for hydroxylation is 2. The number of nitrogens with zero attached hydrogens (tertiary/aromatic N) is 1. The first-order valence-corrected chi connectivity index (χ1v) is 8.30. The second kappa shape index (κ2) is 5.96. The molecule has 1 aromatic heterocycles. The molecule has 1 heteroatoms. The zero-order valence-electron chi connectivity index (χ0n) is 14.0.